The fourth-order valence-electron chi connectivity index (χ4n) is 8.68. The van der Waals surface area contributed by atoms with E-state index in [9.17, 15) is 19.5 Å². The lowest BCUT2D eigenvalue weighted by Crippen LogP contribution is -2.54. The third kappa shape index (κ3) is 4.70. The van der Waals surface area contributed by atoms with Gasteiger partial charge in [0.2, 0.25) is 8.32 Å². The largest absolute Gasteiger partial charge is 0.481 e. The molecule has 0 aliphatic heterocycles. The normalized spacial score (nSPS) is 37.0. The van der Waals surface area contributed by atoms with Crippen molar-refractivity contribution >= 4 is 25.9 Å². The van der Waals surface area contributed by atoms with Crippen LogP contribution in [-0.2, 0) is 18.8 Å². The quantitative estimate of drug-likeness (QED) is 0.377. The van der Waals surface area contributed by atoms with Crippen molar-refractivity contribution in [2.45, 2.75) is 129 Å². The minimum atomic E-state index is -2.07. The van der Waals surface area contributed by atoms with Crippen LogP contribution >= 0.6 is 0 Å². The Bertz CT molecular complexity index is 783. The molecule has 34 heavy (non-hydrogen) atoms. The van der Waals surface area contributed by atoms with Crippen molar-refractivity contribution in [1.82, 2.24) is 0 Å². The van der Waals surface area contributed by atoms with E-state index in [0.29, 0.717) is 35.9 Å². The fraction of sp³-hybridized carbons (Fsp3) is 0.893. The number of ketones is 2. The third-order valence-corrected chi connectivity index (χ3v) is 16.5. The van der Waals surface area contributed by atoms with Crippen LogP contribution < -0.4 is 0 Å². The van der Waals surface area contributed by atoms with Crippen LogP contribution in [0.15, 0.2) is 0 Å². The van der Waals surface area contributed by atoms with Gasteiger partial charge in [-0.15, -0.1) is 0 Å². The molecule has 0 aromatic rings. The van der Waals surface area contributed by atoms with Crippen molar-refractivity contribution in [3.8, 4) is 0 Å². The second-order valence-electron chi connectivity index (χ2n) is 13.2. The SMILES string of the molecule is CC(C)[Si](O[C@H]1CC[C@](C)(C2CC[C@]3(C)CC(=O)C[C@H]3C2CC(=O)O)C(=O)C1)(C(C)C)C(C)C. The number of aliphatic carboxylic acids is 1. The summed E-state index contributed by atoms with van der Waals surface area (Å²) in [5.41, 5.74) is 0.806. The van der Waals surface area contributed by atoms with Gasteiger partial charge in [0.25, 0.3) is 0 Å². The highest BCUT2D eigenvalue weighted by molar-refractivity contribution is 6.77. The number of Topliss-reactive ketones (excluding diaryl/α,β-unsaturated/α-hetero) is 2. The topological polar surface area (TPSA) is 80.7 Å². The molecule has 3 saturated carbocycles. The second-order valence-corrected chi connectivity index (χ2v) is 18.6. The molecule has 6 atom stereocenters. The highest BCUT2D eigenvalue weighted by Crippen LogP contribution is 2.61. The predicted molar refractivity (Wildman–Crippen MR) is 137 cm³/mol. The van der Waals surface area contributed by atoms with Crippen molar-refractivity contribution < 1.29 is 23.9 Å². The number of carboxylic acid groups (broad SMARTS) is 1. The van der Waals surface area contributed by atoms with Crippen LogP contribution in [0.25, 0.3) is 0 Å². The maximum atomic E-state index is 13.8. The molecule has 3 rings (SSSR count). The first-order valence-electron chi connectivity index (χ1n) is 13.6. The van der Waals surface area contributed by atoms with Gasteiger partial charge in [-0.2, -0.15) is 0 Å². The Morgan fingerprint density at radius 1 is 0.971 bits per heavy atom. The fourth-order valence-corrected chi connectivity index (χ4v) is 14.3. The van der Waals surface area contributed by atoms with Crippen LogP contribution in [0.5, 0.6) is 0 Å². The van der Waals surface area contributed by atoms with E-state index in [1.54, 1.807) is 0 Å². The van der Waals surface area contributed by atoms with Gasteiger partial charge in [0.15, 0.2) is 0 Å². The molecule has 0 saturated heterocycles. The maximum absolute atomic E-state index is 13.8. The van der Waals surface area contributed by atoms with Crippen LogP contribution in [0.1, 0.15) is 107 Å². The molecule has 3 fully saturated rings. The number of carboxylic acids is 1. The zero-order valence-corrected chi connectivity index (χ0v) is 23.8. The first-order chi connectivity index (χ1) is 15.7. The summed E-state index contributed by atoms with van der Waals surface area (Å²) in [4.78, 5) is 38.1. The van der Waals surface area contributed by atoms with Gasteiger partial charge >= 0.3 is 5.97 Å². The number of rotatable bonds is 8. The van der Waals surface area contributed by atoms with E-state index >= 15 is 0 Å². The summed E-state index contributed by atoms with van der Waals surface area (Å²) in [5, 5.41) is 9.74. The van der Waals surface area contributed by atoms with E-state index in [2.05, 4.69) is 55.4 Å². The maximum Gasteiger partial charge on any atom is 0.303 e. The summed E-state index contributed by atoms with van der Waals surface area (Å²) in [7, 11) is -2.07. The summed E-state index contributed by atoms with van der Waals surface area (Å²) in [6.45, 7) is 17.9. The van der Waals surface area contributed by atoms with E-state index in [1.807, 2.05) is 0 Å². The Kier molecular flexibility index (Phi) is 7.95. The minimum Gasteiger partial charge on any atom is -0.481 e. The van der Waals surface area contributed by atoms with E-state index in [1.165, 1.54) is 0 Å². The number of carbonyl (C=O) groups is 3. The van der Waals surface area contributed by atoms with E-state index < -0.39 is 19.7 Å². The molecule has 0 heterocycles. The highest BCUT2D eigenvalue weighted by atomic mass is 28.4. The van der Waals surface area contributed by atoms with E-state index in [0.717, 1.165) is 25.7 Å². The lowest BCUT2D eigenvalue weighted by atomic mass is 9.51. The Labute approximate surface area is 207 Å². The average molecular weight is 493 g/mol. The van der Waals surface area contributed by atoms with Gasteiger partial charge in [-0.3, -0.25) is 14.4 Å². The summed E-state index contributed by atoms with van der Waals surface area (Å²) in [6, 6.07) is 0. The summed E-state index contributed by atoms with van der Waals surface area (Å²) in [6.07, 6.45) is 4.89. The van der Waals surface area contributed by atoms with Crippen LogP contribution in [0.3, 0.4) is 0 Å². The molecule has 5 nitrogen and oxygen atoms in total. The standard InChI is InChI=1S/C28H48O5Si/c1-17(2)34(18(3)4,19(5)6)33-21-9-12-28(8,25(30)14-21)23-10-11-27(7)16-20(29)13-24(27)22(23)15-26(31)32/h17-19,21-24H,9-16H2,1-8H3,(H,31,32)/t21-,22?,23?,24-,27+,28+/m0/s1. The Morgan fingerprint density at radius 2 is 1.56 bits per heavy atom. The smallest absolute Gasteiger partial charge is 0.303 e. The average Bonchev–Trinajstić information content (AvgIpc) is 3.02. The summed E-state index contributed by atoms with van der Waals surface area (Å²) < 4.78 is 6.98. The molecule has 0 aromatic heterocycles. The zero-order chi connectivity index (χ0) is 25.6. The molecule has 0 amide bonds. The summed E-state index contributed by atoms with van der Waals surface area (Å²) >= 11 is 0. The molecule has 0 spiro atoms. The molecule has 1 N–H and O–H groups in total. The Balaban J connectivity index is 1.83. The van der Waals surface area contributed by atoms with Crippen molar-refractivity contribution in [2.75, 3.05) is 0 Å². The van der Waals surface area contributed by atoms with Crippen LogP contribution in [-0.4, -0.2) is 37.1 Å². The molecular weight excluding hydrogens is 444 g/mol. The van der Waals surface area contributed by atoms with Crippen LogP contribution in [0, 0.1) is 28.6 Å². The molecule has 2 unspecified atom stereocenters. The van der Waals surface area contributed by atoms with Gasteiger partial charge in [-0.1, -0.05) is 55.4 Å². The van der Waals surface area contributed by atoms with Crippen LogP contribution in [0.4, 0.5) is 0 Å². The number of fused-ring (bicyclic) bond motifs is 1. The molecular formula is C28H48O5Si. The van der Waals surface area contributed by atoms with Gasteiger partial charge in [0.1, 0.15) is 11.6 Å². The predicted octanol–water partition coefficient (Wildman–Crippen LogP) is 6.79. The Hall–Kier alpha value is -1.01. The molecule has 3 aliphatic carbocycles. The first kappa shape index (κ1) is 27.6. The monoisotopic (exact) mass is 492 g/mol. The highest BCUT2D eigenvalue weighted by Gasteiger charge is 2.58. The van der Waals surface area contributed by atoms with Gasteiger partial charge < -0.3 is 9.53 Å². The number of hydrogen-bond acceptors (Lipinski definition) is 4. The number of hydrogen-bond donors (Lipinski definition) is 1. The summed E-state index contributed by atoms with van der Waals surface area (Å²) in [5.74, 6) is -0.303. The lowest BCUT2D eigenvalue weighted by molar-refractivity contribution is -0.150. The van der Waals surface area contributed by atoms with Crippen molar-refractivity contribution in [3.63, 3.8) is 0 Å². The molecule has 6 heteroatoms. The van der Waals surface area contributed by atoms with E-state index in [-0.39, 0.29) is 47.3 Å². The van der Waals surface area contributed by atoms with Crippen molar-refractivity contribution in [3.05, 3.63) is 0 Å². The van der Waals surface area contributed by atoms with E-state index in [4.69, 9.17) is 4.43 Å². The van der Waals surface area contributed by atoms with Crippen molar-refractivity contribution in [1.29, 1.82) is 0 Å². The van der Waals surface area contributed by atoms with Gasteiger partial charge in [-0.25, -0.2) is 0 Å². The minimum absolute atomic E-state index is 0.0284. The van der Waals surface area contributed by atoms with Crippen LogP contribution in [0.2, 0.25) is 16.6 Å². The second kappa shape index (κ2) is 9.80. The zero-order valence-electron chi connectivity index (χ0n) is 22.8. The number of carbonyl (C=O) groups excluding carboxylic acids is 2. The molecule has 194 valence electrons. The lowest BCUT2D eigenvalue weighted by Gasteiger charge is -2.53. The molecule has 0 aromatic carbocycles. The Morgan fingerprint density at radius 3 is 2.06 bits per heavy atom. The first-order valence-corrected chi connectivity index (χ1v) is 15.8. The van der Waals surface area contributed by atoms with Gasteiger partial charge in [0.05, 0.1) is 6.10 Å². The third-order valence-electron chi connectivity index (χ3n) is 10.3. The van der Waals surface area contributed by atoms with Gasteiger partial charge in [-0.05, 0) is 65.5 Å². The molecule has 3 aliphatic rings. The molecule has 0 bridgehead atoms. The van der Waals surface area contributed by atoms with Crippen molar-refractivity contribution in [2.24, 2.45) is 28.6 Å². The van der Waals surface area contributed by atoms with Gasteiger partial charge in [0, 0.05) is 31.1 Å². The molecule has 0 radical (unpaired) electrons.